The van der Waals surface area contributed by atoms with Crippen molar-refractivity contribution in [3.63, 3.8) is 0 Å². The molecule has 0 spiro atoms. The summed E-state index contributed by atoms with van der Waals surface area (Å²) in [7, 11) is 0. The lowest BCUT2D eigenvalue weighted by Gasteiger charge is -2.22. The van der Waals surface area contributed by atoms with Crippen molar-refractivity contribution in [1.29, 1.82) is 0 Å². The third kappa shape index (κ3) is 1.96. The minimum Gasteiger partial charge on any atom is -0.372 e. The van der Waals surface area contributed by atoms with Crippen LogP contribution in [-0.4, -0.2) is 24.7 Å². The molecule has 4 heteroatoms. The van der Waals surface area contributed by atoms with Crippen LogP contribution in [0.2, 0.25) is 0 Å². The van der Waals surface area contributed by atoms with Crippen molar-refractivity contribution in [2.45, 2.75) is 18.8 Å². The number of nitrogens with one attached hydrogen (secondary N) is 3. The van der Waals surface area contributed by atoms with Gasteiger partial charge in [0.25, 0.3) is 0 Å². The molecule has 2 aliphatic rings. The van der Waals surface area contributed by atoms with E-state index in [0.29, 0.717) is 5.92 Å². The Morgan fingerprint density at radius 3 is 2.85 bits per heavy atom. The Bertz CT molecular complexity index is 637. The Kier molecular flexibility index (Phi) is 2.89. The van der Waals surface area contributed by atoms with Crippen LogP contribution in [0, 0.1) is 0 Å². The van der Waals surface area contributed by atoms with Gasteiger partial charge in [0.2, 0.25) is 0 Å². The number of hydrogen-bond acceptors (Lipinski definition) is 3. The molecule has 0 amide bonds. The Balaban J connectivity index is 1.73. The lowest BCUT2D eigenvalue weighted by Crippen LogP contribution is -2.26. The van der Waals surface area contributed by atoms with Crippen LogP contribution >= 0.6 is 0 Å². The van der Waals surface area contributed by atoms with E-state index in [2.05, 4.69) is 51.1 Å². The Morgan fingerprint density at radius 1 is 1.15 bits per heavy atom. The summed E-state index contributed by atoms with van der Waals surface area (Å²) in [5.74, 6) is 0.687. The average Bonchev–Trinajstić information content (AvgIpc) is 3.17. The van der Waals surface area contributed by atoms with Crippen LogP contribution in [0.15, 0.2) is 36.8 Å². The number of aromatic amines is 1. The number of piperidine rings is 1. The molecule has 0 bridgehead atoms. The second kappa shape index (κ2) is 4.87. The summed E-state index contributed by atoms with van der Waals surface area (Å²) in [6.45, 7) is 3.13. The highest BCUT2D eigenvalue weighted by molar-refractivity contribution is 5.87. The molecule has 4 nitrogen and oxygen atoms in total. The van der Waals surface area contributed by atoms with Crippen molar-refractivity contribution in [2.24, 2.45) is 0 Å². The summed E-state index contributed by atoms with van der Waals surface area (Å²) in [6.07, 6.45) is 8.78. The van der Waals surface area contributed by atoms with Crippen LogP contribution in [0.1, 0.15) is 24.3 Å². The predicted octanol–water partition coefficient (Wildman–Crippen LogP) is 2.47. The van der Waals surface area contributed by atoms with Crippen LogP contribution in [0.5, 0.6) is 0 Å². The number of aromatic nitrogens is 1. The number of fused-ring (bicyclic) bond motifs is 1. The molecule has 3 heterocycles. The van der Waals surface area contributed by atoms with E-state index in [-0.39, 0.29) is 0 Å². The molecule has 0 aliphatic carbocycles. The molecular formula is C16H20N4. The van der Waals surface area contributed by atoms with Crippen LogP contribution in [-0.2, 0) is 0 Å². The zero-order valence-corrected chi connectivity index (χ0v) is 11.5. The highest BCUT2D eigenvalue weighted by Crippen LogP contribution is 2.33. The molecule has 2 aromatic rings. The second-order valence-corrected chi connectivity index (χ2v) is 5.65. The molecule has 20 heavy (non-hydrogen) atoms. The maximum atomic E-state index is 3.45. The first-order valence-electron chi connectivity index (χ1n) is 7.40. The number of rotatable bonds is 2. The number of benzene rings is 1. The van der Waals surface area contributed by atoms with Crippen molar-refractivity contribution in [3.8, 4) is 0 Å². The van der Waals surface area contributed by atoms with Gasteiger partial charge in [-0.05, 0) is 55.6 Å². The third-order valence-electron chi connectivity index (χ3n) is 4.44. The number of H-pyrrole nitrogens is 1. The van der Waals surface area contributed by atoms with Crippen molar-refractivity contribution < 1.29 is 0 Å². The standard InChI is InChI=1S/C16H20N4/c1-2-16-14(9-13(1)20-8-7-18-11-20)15(10-19-16)12-3-5-17-6-4-12/h1-2,7-10,12,17-19H,3-6,11H2. The first kappa shape index (κ1) is 11.9. The molecule has 0 unspecified atom stereocenters. The van der Waals surface area contributed by atoms with Crippen LogP contribution in [0.3, 0.4) is 0 Å². The lowest BCUT2D eigenvalue weighted by atomic mass is 9.90. The molecule has 0 radical (unpaired) electrons. The second-order valence-electron chi connectivity index (χ2n) is 5.65. The minimum absolute atomic E-state index is 0.687. The normalized spacial score (nSPS) is 19.7. The lowest BCUT2D eigenvalue weighted by molar-refractivity contribution is 0.462. The highest BCUT2D eigenvalue weighted by atomic mass is 15.2. The smallest absolute Gasteiger partial charge is 0.0916 e. The molecular weight excluding hydrogens is 248 g/mol. The fourth-order valence-corrected chi connectivity index (χ4v) is 3.30. The molecule has 2 aliphatic heterocycles. The Morgan fingerprint density at radius 2 is 2.05 bits per heavy atom. The summed E-state index contributed by atoms with van der Waals surface area (Å²) < 4.78 is 0. The van der Waals surface area contributed by atoms with Crippen molar-refractivity contribution in [2.75, 3.05) is 24.7 Å². The zero-order valence-electron chi connectivity index (χ0n) is 11.5. The molecule has 3 N–H and O–H groups in total. The van der Waals surface area contributed by atoms with Gasteiger partial charge in [0.05, 0.1) is 6.67 Å². The summed E-state index contributed by atoms with van der Waals surface area (Å²) in [6, 6.07) is 6.70. The van der Waals surface area contributed by atoms with Gasteiger partial charge in [-0.25, -0.2) is 0 Å². The van der Waals surface area contributed by atoms with E-state index >= 15 is 0 Å². The molecule has 0 atom stereocenters. The van der Waals surface area contributed by atoms with Crippen LogP contribution < -0.4 is 15.5 Å². The van der Waals surface area contributed by atoms with Gasteiger partial charge in [-0.1, -0.05) is 0 Å². The molecule has 1 aromatic heterocycles. The van der Waals surface area contributed by atoms with Gasteiger partial charge >= 0.3 is 0 Å². The zero-order chi connectivity index (χ0) is 13.4. The van der Waals surface area contributed by atoms with Gasteiger partial charge in [-0.15, -0.1) is 0 Å². The Labute approximate surface area is 118 Å². The van der Waals surface area contributed by atoms with Crippen molar-refractivity contribution in [3.05, 3.63) is 42.4 Å². The third-order valence-corrected chi connectivity index (χ3v) is 4.44. The minimum atomic E-state index is 0.687. The summed E-state index contributed by atoms with van der Waals surface area (Å²) >= 11 is 0. The molecule has 1 fully saturated rings. The van der Waals surface area contributed by atoms with Gasteiger partial charge in [-0.3, -0.25) is 0 Å². The van der Waals surface area contributed by atoms with E-state index in [1.807, 2.05) is 6.20 Å². The largest absolute Gasteiger partial charge is 0.372 e. The molecule has 0 saturated carbocycles. The predicted molar refractivity (Wildman–Crippen MR) is 82.8 cm³/mol. The number of hydrogen-bond donors (Lipinski definition) is 3. The summed E-state index contributed by atoms with van der Waals surface area (Å²) in [4.78, 5) is 5.67. The van der Waals surface area contributed by atoms with E-state index in [4.69, 9.17) is 0 Å². The van der Waals surface area contributed by atoms with Gasteiger partial charge in [0.1, 0.15) is 0 Å². The molecule has 4 rings (SSSR count). The average molecular weight is 268 g/mol. The van der Waals surface area contributed by atoms with Gasteiger partial charge in [0, 0.05) is 35.2 Å². The van der Waals surface area contributed by atoms with E-state index in [0.717, 1.165) is 19.8 Å². The van der Waals surface area contributed by atoms with E-state index in [1.165, 1.54) is 35.0 Å². The quantitative estimate of drug-likeness (QED) is 0.784. The Hall–Kier alpha value is -1.94. The maximum Gasteiger partial charge on any atom is 0.0916 e. The van der Waals surface area contributed by atoms with Crippen molar-refractivity contribution in [1.82, 2.24) is 15.6 Å². The van der Waals surface area contributed by atoms with Crippen LogP contribution in [0.25, 0.3) is 10.9 Å². The monoisotopic (exact) mass is 268 g/mol. The molecule has 1 saturated heterocycles. The van der Waals surface area contributed by atoms with Gasteiger partial charge in [0.15, 0.2) is 0 Å². The van der Waals surface area contributed by atoms with E-state index in [1.54, 1.807) is 0 Å². The first-order chi connectivity index (χ1) is 9.92. The number of nitrogens with zero attached hydrogens (tertiary/aromatic N) is 1. The summed E-state index contributed by atoms with van der Waals surface area (Å²) in [5.41, 5.74) is 3.99. The molecule has 104 valence electrons. The SMILES string of the molecule is C1=CN(c2ccc3[nH]cc(C4CCNCC4)c3c2)CN1. The van der Waals surface area contributed by atoms with Crippen molar-refractivity contribution >= 4 is 16.6 Å². The van der Waals surface area contributed by atoms with E-state index < -0.39 is 0 Å². The maximum absolute atomic E-state index is 3.45. The fourth-order valence-electron chi connectivity index (χ4n) is 3.30. The molecule has 1 aromatic carbocycles. The van der Waals surface area contributed by atoms with Gasteiger partial charge < -0.3 is 20.5 Å². The topological polar surface area (TPSA) is 43.1 Å². The summed E-state index contributed by atoms with van der Waals surface area (Å²) in [5, 5.41) is 8.05. The highest BCUT2D eigenvalue weighted by Gasteiger charge is 2.19. The van der Waals surface area contributed by atoms with Crippen LogP contribution in [0.4, 0.5) is 5.69 Å². The van der Waals surface area contributed by atoms with Gasteiger partial charge in [-0.2, -0.15) is 0 Å². The first-order valence-corrected chi connectivity index (χ1v) is 7.40. The number of anilines is 1. The fraction of sp³-hybridized carbons (Fsp3) is 0.375. The van der Waals surface area contributed by atoms with E-state index in [9.17, 15) is 0 Å².